The molecule has 1 aromatic carbocycles. The maximum Gasteiger partial charge on any atom is 0.120 e. The summed E-state index contributed by atoms with van der Waals surface area (Å²) in [4.78, 5) is 2.56. The summed E-state index contributed by atoms with van der Waals surface area (Å²) in [7, 11) is 1.72. The number of rotatable bonds is 2. The van der Waals surface area contributed by atoms with Gasteiger partial charge in [-0.25, -0.2) is 0 Å². The van der Waals surface area contributed by atoms with Crippen molar-refractivity contribution in [2.75, 3.05) is 7.11 Å². The number of hydrogen-bond acceptors (Lipinski definition) is 2. The molecule has 0 radical (unpaired) electrons. The van der Waals surface area contributed by atoms with E-state index in [1.807, 2.05) is 0 Å². The summed E-state index contributed by atoms with van der Waals surface area (Å²) in [6.45, 7) is 2.19. The Morgan fingerprint density at radius 2 is 2.13 bits per heavy atom. The summed E-state index contributed by atoms with van der Waals surface area (Å²) >= 11 is 3.63. The van der Waals surface area contributed by atoms with E-state index < -0.39 is 0 Å². The van der Waals surface area contributed by atoms with Crippen LogP contribution in [0.4, 0.5) is 0 Å². The molecule has 0 spiro atoms. The second-order valence-corrected chi connectivity index (χ2v) is 5.24. The van der Waals surface area contributed by atoms with Crippen LogP contribution in [0.1, 0.15) is 24.0 Å². The van der Waals surface area contributed by atoms with Crippen molar-refractivity contribution in [2.45, 2.75) is 32.0 Å². The number of hydrogen-bond donors (Lipinski definition) is 0. The number of fused-ring (bicyclic) bond motifs is 1. The minimum atomic E-state index is 0.843. The largest absolute Gasteiger partial charge is 0.497 e. The summed E-state index contributed by atoms with van der Waals surface area (Å²) in [6.07, 6.45) is 2.76. The van der Waals surface area contributed by atoms with Gasteiger partial charge in [-0.3, -0.25) is 4.90 Å². The highest BCUT2D eigenvalue weighted by molar-refractivity contribution is 9.10. The molecule has 1 aliphatic carbocycles. The van der Waals surface area contributed by atoms with Crippen LogP contribution in [0.3, 0.4) is 0 Å². The molecule has 0 unspecified atom stereocenters. The third-order valence-corrected chi connectivity index (χ3v) is 4.00. The van der Waals surface area contributed by atoms with Crippen molar-refractivity contribution in [3.63, 3.8) is 0 Å². The predicted octanol–water partition coefficient (Wildman–Crippen LogP) is 2.94. The first-order chi connectivity index (χ1) is 7.28. The molecule has 0 atom stereocenters. The summed E-state index contributed by atoms with van der Waals surface area (Å²) in [5, 5.41) is 0. The molecule has 2 nitrogen and oxygen atoms in total. The van der Waals surface area contributed by atoms with Crippen molar-refractivity contribution >= 4 is 15.9 Å². The minimum Gasteiger partial charge on any atom is -0.497 e. The second-order valence-electron chi connectivity index (χ2n) is 4.38. The molecule has 15 heavy (non-hydrogen) atoms. The van der Waals surface area contributed by atoms with Crippen LogP contribution in [0.15, 0.2) is 16.6 Å². The van der Waals surface area contributed by atoms with Crippen LogP contribution in [0.5, 0.6) is 5.75 Å². The zero-order valence-corrected chi connectivity index (χ0v) is 10.4. The third-order valence-electron chi connectivity index (χ3n) is 3.29. The van der Waals surface area contributed by atoms with Crippen molar-refractivity contribution in [1.82, 2.24) is 4.90 Å². The van der Waals surface area contributed by atoms with Crippen LogP contribution < -0.4 is 4.74 Å². The molecule has 80 valence electrons. The maximum absolute atomic E-state index is 5.28. The third kappa shape index (κ3) is 1.68. The summed E-state index contributed by atoms with van der Waals surface area (Å²) in [5.74, 6) is 0.957. The SMILES string of the molecule is COc1cc(Br)c2c(c1)CN(C1CC1)C2. The average molecular weight is 268 g/mol. The van der Waals surface area contributed by atoms with Crippen molar-refractivity contribution in [1.29, 1.82) is 0 Å². The fourth-order valence-electron chi connectivity index (χ4n) is 2.28. The van der Waals surface area contributed by atoms with E-state index in [1.54, 1.807) is 7.11 Å². The van der Waals surface area contributed by atoms with Gasteiger partial charge in [-0.05, 0) is 36.1 Å². The molecular formula is C12H14BrNO. The highest BCUT2D eigenvalue weighted by Gasteiger charge is 2.33. The van der Waals surface area contributed by atoms with Gasteiger partial charge in [0.2, 0.25) is 0 Å². The Bertz CT molecular complexity index is 401. The van der Waals surface area contributed by atoms with Gasteiger partial charge in [0, 0.05) is 23.6 Å². The number of benzene rings is 1. The Balaban J connectivity index is 1.93. The van der Waals surface area contributed by atoms with Gasteiger partial charge in [-0.15, -0.1) is 0 Å². The summed E-state index contributed by atoms with van der Waals surface area (Å²) in [5.41, 5.74) is 2.87. The Morgan fingerprint density at radius 1 is 1.33 bits per heavy atom. The van der Waals surface area contributed by atoms with Crippen LogP contribution in [-0.2, 0) is 13.1 Å². The van der Waals surface area contributed by atoms with Gasteiger partial charge in [-0.2, -0.15) is 0 Å². The first kappa shape index (κ1) is 9.67. The summed E-state index contributed by atoms with van der Waals surface area (Å²) in [6, 6.07) is 5.08. The zero-order valence-electron chi connectivity index (χ0n) is 8.79. The molecule has 0 amide bonds. The van der Waals surface area contributed by atoms with E-state index >= 15 is 0 Å². The molecule has 3 heteroatoms. The van der Waals surface area contributed by atoms with Crippen LogP contribution in [-0.4, -0.2) is 18.1 Å². The minimum absolute atomic E-state index is 0.843. The van der Waals surface area contributed by atoms with Crippen molar-refractivity contribution < 1.29 is 4.74 Å². The molecule has 2 aliphatic rings. The molecule has 1 aromatic rings. The molecule has 1 aliphatic heterocycles. The van der Waals surface area contributed by atoms with Gasteiger partial charge in [0.15, 0.2) is 0 Å². The monoisotopic (exact) mass is 267 g/mol. The van der Waals surface area contributed by atoms with Gasteiger partial charge < -0.3 is 4.74 Å². The molecule has 1 heterocycles. The molecule has 0 bridgehead atoms. The Labute approximate surface area is 98.4 Å². The van der Waals surface area contributed by atoms with Crippen molar-refractivity contribution in [2.24, 2.45) is 0 Å². The lowest BCUT2D eigenvalue weighted by atomic mass is 10.1. The lowest BCUT2D eigenvalue weighted by Gasteiger charge is -2.12. The number of halogens is 1. The molecule has 0 saturated heterocycles. The summed E-state index contributed by atoms with van der Waals surface area (Å²) < 4.78 is 6.48. The van der Waals surface area contributed by atoms with Gasteiger partial charge in [0.05, 0.1) is 7.11 Å². The Morgan fingerprint density at radius 3 is 2.80 bits per heavy atom. The maximum atomic E-state index is 5.28. The smallest absolute Gasteiger partial charge is 0.120 e. The van der Waals surface area contributed by atoms with Gasteiger partial charge >= 0.3 is 0 Å². The lowest BCUT2D eigenvalue weighted by Crippen LogP contribution is -2.18. The van der Waals surface area contributed by atoms with Gasteiger partial charge in [-0.1, -0.05) is 15.9 Å². The standard InChI is InChI=1S/C12H14BrNO/c1-15-10-4-8-6-14(9-2-3-9)7-11(8)12(13)5-10/h4-5,9H,2-3,6-7H2,1H3. The molecule has 1 saturated carbocycles. The van der Waals surface area contributed by atoms with Crippen molar-refractivity contribution in [3.8, 4) is 5.75 Å². The Hall–Kier alpha value is -0.540. The van der Waals surface area contributed by atoms with E-state index in [4.69, 9.17) is 4.74 Å². The van der Waals surface area contributed by atoms with E-state index in [1.165, 1.54) is 28.4 Å². The number of nitrogens with zero attached hydrogens (tertiary/aromatic N) is 1. The van der Waals surface area contributed by atoms with Crippen LogP contribution in [0, 0.1) is 0 Å². The number of methoxy groups -OCH3 is 1. The molecule has 1 fully saturated rings. The molecule has 3 rings (SSSR count). The van der Waals surface area contributed by atoms with E-state index in [0.29, 0.717) is 0 Å². The highest BCUT2D eigenvalue weighted by atomic mass is 79.9. The zero-order chi connectivity index (χ0) is 10.4. The van der Waals surface area contributed by atoms with Crippen molar-refractivity contribution in [3.05, 3.63) is 27.7 Å². The van der Waals surface area contributed by atoms with E-state index in [9.17, 15) is 0 Å². The van der Waals surface area contributed by atoms with E-state index in [2.05, 4.69) is 33.0 Å². The van der Waals surface area contributed by atoms with Crippen LogP contribution in [0.25, 0.3) is 0 Å². The molecule has 0 N–H and O–H groups in total. The van der Waals surface area contributed by atoms with E-state index in [-0.39, 0.29) is 0 Å². The average Bonchev–Trinajstić information content (AvgIpc) is 2.98. The van der Waals surface area contributed by atoms with Crippen LogP contribution >= 0.6 is 15.9 Å². The second kappa shape index (κ2) is 3.49. The predicted molar refractivity (Wildman–Crippen MR) is 63.0 cm³/mol. The highest BCUT2D eigenvalue weighted by Crippen LogP contribution is 2.38. The fourth-order valence-corrected chi connectivity index (χ4v) is 2.88. The van der Waals surface area contributed by atoms with Gasteiger partial charge in [0.1, 0.15) is 5.75 Å². The quantitative estimate of drug-likeness (QED) is 0.817. The molecule has 0 aromatic heterocycles. The number of ether oxygens (including phenoxy) is 1. The lowest BCUT2D eigenvalue weighted by molar-refractivity contribution is 0.273. The first-order valence-electron chi connectivity index (χ1n) is 5.37. The van der Waals surface area contributed by atoms with Crippen LogP contribution in [0.2, 0.25) is 0 Å². The fraction of sp³-hybridized carbons (Fsp3) is 0.500. The Kier molecular flexibility index (Phi) is 2.25. The van der Waals surface area contributed by atoms with E-state index in [0.717, 1.165) is 24.9 Å². The topological polar surface area (TPSA) is 12.5 Å². The normalized spacial score (nSPS) is 20.4. The molecular weight excluding hydrogens is 254 g/mol. The van der Waals surface area contributed by atoms with Gasteiger partial charge in [0.25, 0.3) is 0 Å². The first-order valence-corrected chi connectivity index (χ1v) is 6.16.